The van der Waals surface area contributed by atoms with Gasteiger partial charge in [0, 0.05) is 25.0 Å². The number of nitrogens with zero attached hydrogens (tertiary/aromatic N) is 3. The van der Waals surface area contributed by atoms with Gasteiger partial charge in [0.2, 0.25) is 10.0 Å². The van der Waals surface area contributed by atoms with E-state index in [0.29, 0.717) is 24.9 Å². The van der Waals surface area contributed by atoms with Crippen molar-refractivity contribution in [2.24, 2.45) is 0 Å². The maximum absolute atomic E-state index is 12.9. The first-order valence-electron chi connectivity index (χ1n) is 7.94. The third-order valence-electron chi connectivity index (χ3n) is 3.72. The molecular formula is C17H19FN4O2S. The van der Waals surface area contributed by atoms with Crippen molar-refractivity contribution in [1.82, 2.24) is 19.3 Å². The van der Waals surface area contributed by atoms with Crippen molar-refractivity contribution in [3.8, 4) is 0 Å². The fourth-order valence-corrected chi connectivity index (χ4v) is 3.72. The number of hydrogen-bond acceptors (Lipinski definition) is 4. The fourth-order valence-electron chi connectivity index (χ4n) is 2.53. The zero-order valence-electron chi connectivity index (χ0n) is 13.8. The SMILES string of the molecule is Cc1cc2ncc(CCCNS(=O)(=O)Cc3ccc(F)cc3)cn2n1. The number of fused-ring (bicyclic) bond motifs is 1. The third kappa shape index (κ3) is 4.83. The minimum Gasteiger partial charge on any atom is -0.237 e. The van der Waals surface area contributed by atoms with Crippen molar-refractivity contribution in [1.29, 1.82) is 0 Å². The molecule has 0 bridgehead atoms. The average molecular weight is 362 g/mol. The van der Waals surface area contributed by atoms with Crippen LogP contribution in [0.2, 0.25) is 0 Å². The minimum absolute atomic E-state index is 0.159. The molecule has 3 aromatic rings. The van der Waals surface area contributed by atoms with Crippen LogP contribution in [0.3, 0.4) is 0 Å². The molecule has 6 nitrogen and oxygen atoms in total. The van der Waals surface area contributed by atoms with E-state index < -0.39 is 10.0 Å². The molecule has 2 heterocycles. The number of aromatic nitrogens is 3. The molecule has 3 rings (SSSR count). The molecule has 0 aliphatic carbocycles. The molecule has 0 saturated heterocycles. The van der Waals surface area contributed by atoms with Gasteiger partial charge in [-0.05, 0) is 43.0 Å². The largest absolute Gasteiger partial charge is 0.237 e. The fraction of sp³-hybridized carbons (Fsp3) is 0.294. The molecule has 1 N–H and O–H groups in total. The highest BCUT2D eigenvalue weighted by molar-refractivity contribution is 7.88. The van der Waals surface area contributed by atoms with Gasteiger partial charge in [-0.1, -0.05) is 12.1 Å². The number of rotatable bonds is 7. The smallest absolute Gasteiger partial charge is 0.215 e. The predicted octanol–water partition coefficient (Wildman–Crippen LogP) is 2.23. The molecule has 132 valence electrons. The van der Waals surface area contributed by atoms with Gasteiger partial charge in [-0.3, -0.25) is 0 Å². The summed E-state index contributed by atoms with van der Waals surface area (Å²) in [5.41, 5.74) is 3.24. The molecule has 0 aliphatic heterocycles. The van der Waals surface area contributed by atoms with Crippen LogP contribution in [0.4, 0.5) is 4.39 Å². The quantitative estimate of drug-likeness (QED) is 0.654. The number of sulfonamides is 1. The zero-order chi connectivity index (χ0) is 17.9. The molecule has 2 aromatic heterocycles. The van der Waals surface area contributed by atoms with Crippen LogP contribution in [0.5, 0.6) is 0 Å². The lowest BCUT2D eigenvalue weighted by atomic mass is 10.2. The lowest BCUT2D eigenvalue weighted by Gasteiger charge is -2.07. The van der Waals surface area contributed by atoms with Crippen LogP contribution >= 0.6 is 0 Å². The van der Waals surface area contributed by atoms with Crippen molar-refractivity contribution < 1.29 is 12.8 Å². The van der Waals surface area contributed by atoms with Crippen molar-refractivity contribution in [3.63, 3.8) is 0 Å². The minimum atomic E-state index is -3.44. The van der Waals surface area contributed by atoms with E-state index >= 15 is 0 Å². The van der Waals surface area contributed by atoms with E-state index in [2.05, 4.69) is 14.8 Å². The monoisotopic (exact) mass is 362 g/mol. The molecule has 0 radical (unpaired) electrons. The second kappa shape index (κ2) is 7.28. The number of nitrogens with one attached hydrogen (secondary N) is 1. The lowest BCUT2D eigenvalue weighted by molar-refractivity contribution is 0.577. The Kier molecular flexibility index (Phi) is 5.10. The molecule has 0 atom stereocenters. The van der Waals surface area contributed by atoms with Gasteiger partial charge in [0.05, 0.1) is 11.4 Å². The summed E-state index contributed by atoms with van der Waals surface area (Å²) in [6.45, 7) is 2.24. The summed E-state index contributed by atoms with van der Waals surface area (Å²) in [5.74, 6) is -0.542. The van der Waals surface area contributed by atoms with Gasteiger partial charge < -0.3 is 0 Å². The number of benzene rings is 1. The summed E-state index contributed by atoms with van der Waals surface area (Å²) in [6.07, 6.45) is 5.03. The van der Waals surface area contributed by atoms with Gasteiger partial charge in [0.25, 0.3) is 0 Å². The zero-order valence-corrected chi connectivity index (χ0v) is 14.6. The van der Waals surface area contributed by atoms with Gasteiger partial charge in [-0.15, -0.1) is 0 Å². The van der Waals surface area contributed by atoms with Crippen molar-refractivity contribution >= 4 is 15.7 Å². The Balaban J connectivity index is 1.50. The van der Waals surface area contributed by atoms with E-state index in [1.807, 2.05) is 19.2 Å². The molecule has 0 fully saturated rings. The summed E-state index contributed by atoms with van der Waals surface area (Å²) in [5, 5.41) is 4.31. The number of aryl methyl sites for hydroxylation is 2. The standard InChI is InChI=1S/C17H19FN4O2S/c1-13-9-17-19-10-15(11-22(17)21-13)3-2-8-20-25(23,24)12-14-4-6-16(18)7-5-14/h4-7,9-11,20H,2-3,8,12H2,1H3. The first kappa shape index (κ1) is 17.5. The molecule has 0 saturated carbocycles. The maximum atomic E-state index is 12.9. The normalized spacial score (nSPS) is 11.9. The van der Waals surface area contributed by atoms with Crippen molar-refractivity contribution in [2.45, 2.75) is 25.5 Å². The van der Waals surface area contributed by atoms with Crippen LogP contribution in [0.25, 0.3) is 5.65 Å². The van der Waals surface area contributed by atoms with Crippen LogP contribution in [0.1, 0.15) is 23.2 Å². The topological polar surface area (TPSA) is 76.4 Å². The van der Waals surface area contributed by atoms with E-state index in [4.69, 9.17) is 0 Å². The van der Waals surface area contributed by atoms with Gasteiger partial charge in [0.15, 0.2) is 5.65 Å². The molecule has 0 spiro atoms. The van der Waals surface area contributed by atoms with Gasteiger partial charge >= 0.3 is 0 Å². The van der Waals surface area contributed by atoms with Crippen LogP contribution in [0, 0.1) is 12.7 Å². The predicted molar refractivity (Wildman–Crippen MR) is 93.1 cm³/mol. The Morgan fingerprint density at radius 1 is 1.20 bits per heavy atom. The number of hydrogen-bond donors (Lipinski definition) is 1. The Hall–Kier alpha value is -2.32. The second-order valence-electron chi connectivity index (χ2n) is 5.93. The van der Waals surface area contributed by atoms with Crippen LogP contribution < -0.4 is 4.72 Å². The maximum Gasteiger partial charge on any atom is 0.215 e. The summed E-state index contributed by atoms with van der Waals surface area (Å²) >= 11 is 0. The lowest BCUT2D eigenvalue weighted by Crippen LogP contribution is -2.26. The highest BCUT2D eigenvalue weighted by Gasteiger charge is 2.11. The van der Waals surface area contributed by atoms with E-state index in [1.165, 1.54) is 24.3 Å². The Morgan fingerprint density at radius 2 is 1.96 bits per heavy atom. The van der Waals surface area contributed by atoms with Crippen molar-refractivity contribution in [3.05, 3.63) is 65.4 Å². The molecule has 0 amide bonds. The molecule has 25 heavy (non-hydrogen) atoms. The summed E-state index contributed by atoms with van der Waals surface area (Å²) < 4.78 is 41.2. The Morgan fingerprint density at radius 3 is 2.72 bits per heavy atom. The molecule has 0 unspecified atom stereocenters. The summed E-state index contributed by atoms with van der Waals surface area (Å²) in [7, 11) is -3.44. The third-order valence-corrected chi connectivity index (χ3v) is 5.08. The van der Waals surface area contributed by atoms with Crippen LogP contribution in [-0.2, 0) is 22.2 Å². The summed E-state index contributed by atoms with van der Waals surface area (Å²) in [4.78, 5) is 4.32. The molecular weight excluding hydrogens is 343 g/mol. The first-order chi connectivity index (χ1) is 11.9. The van der Waals surface area contributed by atoms with E-state index in [1.54, 1.807) is 10.7 Å². The van der Waals surface area contributed by atoms with Crippen molar-refractivity contribution in [2.75, 3.05) is 6.54 Å². The molecule has 1 aromatic carbocycles. The van der Waals surface area contributed by atoms with E-state index in [-0.39, 0.29) is 11.6 Å². The highest BCUT2D eigenvalue weighted by Crippen LogP contribution is 2.08. The van der Waals surface area contributed by atoms with Gasteiger partial charge in [-0.2, -0.15) is 5.10 Å². The van der Waals surface area contributed by atoms with Crippen LogP contribution in [-0.4, -0.2) is 29.6 Å². The first-order valence-corrected chi connectivity index (χ1v) is 9.59. The molecule has 8 heteroatoms. The Bertz CT molecular complexity index is 968. The second-order valence-corrected chi connectivity index (χ2v) is 7.74. The van der Waals surface area contributed by atoms with E-state index in [9.17, 15) is 12.8 Å². The highest BCUT2D eigenvalue weighted by atomic mass is 32.2. The van der Waals surface area contributed by atoms with Crippen LogP contribution in [0.15, 0.2) is 42.7 Å². The average Bonchev–Trinajstić information content (AvgIpc) is 2.93. The Labute approximate surface area is 145 Å². The molecule has 0 aliphatic rings. The number of halogens is 1. The summed E-state index contributed by atoms with van der Waals surface area (Å²) in [6, 6.07) is 7.35. The van der Waals surface area contributed by atoms with Gasteiger partial charge in [-0.25, -0.2) is 27.0 Å². The van der Waals surface area contributed by atoms with Gasteiger partial charge in [0.1, 0.15) is 5.82 Å². The van der Waals surface area contributed by atoms with E-state index in [0.717, 1.165) is 16.9 Å².